The van der Waals surface area contributed by atoms with Crippen molar-refractivity contribution in [3.05, 3.63) is 64.0 Å². The number of anilines is 1. The molecule has 0 bridgehead atoms. The van der Waals surface area contributed by atoms with Crippen molar-refractivity contribution < 1.29 is 17.7 Å². The molecule has 1 fully saturated rings. The van der Waals surface area contributed by atoms with Crippen molar-refractivity contribution in [2.45, 2.75) is 30.2 Å². The van der Waals surface area contributed by atoms with E-state index in [4.69, 9.17) is 0 Å². The second kappa shape index (κ2) is 7.03. The van der Waals surface area contributed by atoms with Crippen molar-refractivity contribution in [2.75, 3.05) is 11.6 Å². The Labute approximate surface area is 151 Å². The Hall–Kier alpha value is -2.48. The normalized spacial score (nSPS) is 15.9. The number of hydrogen-bond donors (Lipinski definition) is 1. The third-order valence-electron chi connectivity index (χ3n) is 4.76. The molecule has 0 aromatic heterocycles. The average molecular weight is 378 g/mol. The molecule has 8 heteroatoms. The van der Waals surface area contributed by atoms with Gasteiger partial charge in [0.2, 0.25) is 0 Å². The van der Waals surface area contributed by atoms with Crippen molar-refractivity contribution >= 4 is 21.2 Å². The molecule has 3 rings (SSSR count). The van der Waals surface area contributed by atoms with Crippen LogP contribution in [0.2, 0.25) is 0 Å². The van der Waals surface area contributed by atoms with Gasteiger partial charge in [0.1, 0.15) is 11.5 Å². The number of nitro benzene ring substituents is 1. The van der Waals surface area contributed by atoms with E-state index in [1.807, 2.05) is 0 Å². The summed E-state index contributed by atoms with van der Waals surface area (Å²) in [6.45, 7) is 0. The summed E-state index contributed by atoms with van der Waals surface area (Å²) >= 11 is 0. The molecule has 1 saturated carbocycles. The van der Waals surface area contributed by atoms with Gasteiger partial charge < -0.3 is 5.32 Å². The van der Waals surface area contributed by atoms with Crippen LogP contribution in [0.15, 0.2) is 47.4 Å². The summed E-state index contributed by atoms with van der Waals surface area (Å²) in [6, 6.07) is 9.71. The van der Waals surface area contributed by atoms with Crippen molar-refractivity contribution in [3.63, 3.8) is 0 Å². The minimum Gasteiger partial charge on any atom is -0.372 e. The second-order valence-corrected chi connectivity index (χ2v) is 8.59. The van der Waals surface area contributed by atoms with Crippen LogP contribution in [0.3, 0.4) is 0 Å². The second-order valence-electron chi connectivity index (χ2n) is 6.57. The maximum Gasteiger partial charge on any atom is 0.293 e. The van der Waals surface area contributed by atoms with E-state index in [0.717, 1.165) is 37.1 Å². The third kappa shape index (κ3) is 3.85. The van der Waals surface area contributed by atoms with Gasteiger partial charge in [-0.05, 0) is 48.6 Å². The highest BCUT2D eigenvalue weighted by Crippen LogP contribution is 2.41. The lowest BCUT2D eigenvalue weighted by atomic mass is 9.77. The first-order valence-corrected chi connectivity index (χ1v) is 10.2. The largest absolute Gasteiger partial charge is 0.372 e. The van der Waals surface area contributed by atoms with E-state index in [1.165, 1.54) is 24.3 Å². The SMILES string of the molecule is CS(=O)(=O)c1ccc(NC(c2ccc(F)cc2)C2CCC2)c([N+](=O)[O-])c1. The fourth-order valence-corrected chi connectivity index (χ4v) is 3.74. The Morgan fingerprint density at radius 1 is 1.19 bits per heavy atom. The van der Waals surface area contributed by atoms with E-state index in [1.54, 1.807) is 12.1 Å². The molecule has 1 N–H and O–H groups in total. The van der Waals surface area contributed by atoms with Crippen LogP contribution in [-0.2, 0) is 9.84 Å². The summed E-state index contributed by atoms with van der Waals surface area (Å²) in [5.74, 6) is -0.0563. The Bertz CT molecular complexity index is 925. The quantitative estimate of drug-likeness (QED) is 0.604. The van der Waals surface area contributed by atoms with E-state index in [-0.39, 0.29) is 34.0 Å². The number of rotatable bonds is 6. The summed E-state index contributed by atoms with van der Waals surface area (Å²) in [5.41, 5.74) is 0.806. The first-order valence-electron chi connectivity index (χ1n) is 8.26. The van der Waals surface area contributed by atoms with Crippen LogP contribution in [0.1, 0.15) is 30.9 Å². The fraction of sp³-hybridized carbons (Fsp3) is 0.333. The molecular weight excluding hydrogens is 359 g/mol. The number of nitrogens with one attached hydrogen (secondary N) is 1. The van der Waals surface area contributed by atoms with Gasteiger partial charge in [0.05, 0.1) is 15.9 Å². The zero-order chi connectivity index (χ0) is 18.9. The van der Waals surface area contributed by atoms with Gasteiger partial charge in [0.25, 0.3) is 5.69 Å². The lowest BCUT2D eigenvalue weighted by Crippen LogP contribution is -2.26. The fourth-order valence-electron chi connectivity index (χ4n) is 3.10. The lowest BCUT2D eigenvalue weighted by Gasteiger charge is -2.35. The van der Waals surface area contributed by atoms with Crippen molar-refractivity contribution in [2.24, 2.45) is 5.92 Å². The summed E-state index contributed by atoms with van der Waals surface area (Å²) in [4.78, 5) is 10.7. The number of sulfone groups is 1. The minimum absolute atomic E-state index is 0.100. The van der Waals surface area contributed by atoms with E-state index in [9.17, 15) is 22.9 Å². The van der Waals surface area contributed by atoms with E-state index < -0.39 is 14.8 Å². The maximum atomic E-state index is 13.2. The lowest BCUT2D eigenvalue weighted by molar-refractivity contribution is -0.384. The zero-order valence-corrected chi connectivity index (χ0v) is 15.0. The van der Waals surface area contributed by atoms with Crippen LogP contribution >= 0.6 is 0 Å². The smallest absolute Gasteiger partial charge is 0.293 e. The molecule has 1 unspecified atom stereocenters. The van der Waals surface area contributed by atoms with Crippen LogP contribution in [0.4, 0.5) is 15.8 Å². The van der Waals surface area contributed by atoms with Crippen molar-refractivity contribution in [3.8, 4) is 0 Å². The molecule has 2 aromatic carbocycles. The van der Waals surface area contributed by atoms with E-state index in [0.29, 0.717) is 0 Å². The molecule has 0 aliphatic heterocycles. The van der Waals surface area contributed by atoms with Crippen LogP contribution < -0.4 is 5.32 Å². The summed E-state index contributed by atoms with van der Waals surface area (Å²) in [7, 11) is -3.54. The predicted octanol–water partition coefficient (Wildman–Crippen LogP) is 4.09. The molecule has 0 spiro atoms. The number of nitrogens with zero attached hydrogens (tertiary/aromatic N) is 1. The van der Waals surface area contributed by atoms with Crippen molar-refractivity contribution in [1.29, 1.82) is 0 Å². The summed E-state index contributed by atoms with van der Waals surface area (Å²) < 4.78 is 36.6. The molecule has 6 nitrogen and oxygen atoms in total. The monoisotopic (exact) mass is 378 g/mol. The van der Waals surface area contributed by atoms with Crippen LogP contribution in [0, 0.1) is 21.8 Å². The van der Waals surface area contributed by atoms with Gasteiger partial charge in [-0.1, -0.05) is 18.6 Å². The predicted molar refractivity (Wildman–Crippen MR) is 96.3 cm³/mol. The summed E-state index contributed by atoms with van der Waals surface area (Å²) in [6.07, 6.45) is 4.04. The minimum atomic E-state index is -3.54. The number of halogens is 1. The van der Waals surface area contributed by atoms with E-state index in [2.05, 4.69) is 5.32 Å². The average Bonchev–Trinajstić information content (AvgIpc) is 2.52. The topological polar surface area (TPSA) is 89.3 Å². The molecule has 0 saturated heterocycles. The summed E-state index contributed by atoms with van der Waals surface area (Å²) in [5, 5.41) is 14.6. The van der Waals surface area contributed by atoms with Gasteiger partial charge in [0, 0.05) is 12.3 Å². The first-order chi connectivity index (χ1) is 12.3. The molecule has 0 radical (unpaired) electrons. The Morgan fingerprint density at radius 2 is 1.85 bits per heavy atom. The molecule has 1 aliphatic carbocycles. The first kappa shape index (κ1) is 18.3. The number of hydrogen-bond acceptors (Lipinski definition) is 5. The molecular formula is C18H19FN2O4S. The molecule has 138 valence electrons. The van der Waals surface area contributed by atoms with Gasteiger partial charge in [-0.15, -0.1) is 0 Å². The van der Waals surface area contributed by atoms with E-state index >= 15 is 0 Å². The highest BCUT2D eigenvalue weighted by molar-refractivity contribution is 7.90. The van der Waals surface area contributed by atoms with Gasteiger partial charge in [-0.3, -0.25) is 10.1 Å². The Balaban J connectivity index is 1.98. The molecule has 1 aliphatic rings. The van der Waals surface area contributed by atoms with Crippen molar-refractivity contribution in [1.82, 2.24) is 0 Å². The van der Waals surface area contributed by atoms with Gasteiger partial charge >= 0.3 is 0 Å². The third-order valence-corrected chi connectivity index (χ3v) is 5.87. The molecule has 2 aromatic rings. The zero-order valence-electron chi connectivity index (χ0n) is 14.2. The maximum absolute atomic E-state index is 13.2. The standard InChI is InChI=1S/C18H19FN2O4S/c1-26(24,25)15-9-10-16(17(11-15)21(22)23)20-18(12-3-2-4-12)13-5-7-14(19)8-6-13/h5-12,18,20H,2-4H2,1H3. The molecule has 26 heavy (non-hydrogen) atoms. The van der Waals surface area contributed by atoms with Gasteiger partial charge in [-0.25, -0.2) is 12.8 Å². The number of nitro groups is 1. The van der Waals surface area contributed by atoms with Gasteiger partial charge in [-0.2, -0.15) is 0 Å². The van der Waals surface area contributed by atoms with Crippen LogP contribution in [0.25, 0.3) is 0 Å². The molecule has 1 atom stereocenters. The molecule has 0 amide bonds. The Kier molecular flexibility index (Phi) is 4.95. The highest BCUT2D eigenvalue weighted by Gasteiger charge is 2.30. The van der Waals surface area contributed by atoms with Crippen LogP contribution in [0.5, 0.6) is 0 Å². The highest BCUT2D eigenvalue weighted by atomic mass is 32.2. The Morgan fingerprint density at radius 3 is 2.35 bits per heavy atom. The van der Waals surface area contributed by atoms with Gasteiger partial charge in [0.15, 0.2) is 9.84 Å². The molecule has 0 heterocycles. The number of benzene rings is 2. The van der Waals surface area contributed by atoms with Crippen LogP contribution in [-0.4, -0.2) is 19.6 Å².